The molecule has 1 saturated heterocycles. The van der Waals surface area contributed by atoms with E-state index in [0.717, 1.165) is 26.1 Å². The van der Waals surface area contributed by atoms with E-state index < -0.39 is 0 Å². The Bertz CT molecular complexity index is 225. The van der Waals surface area contributed by atoms with Crippen molar-refractivity contribution in [3.8, 4) is 0 Å². The molecule has 1 aliphatic rings. The van der Waals surface area contributed by atoms with E-state index in [-0.39, 0.29) is 11.9 Å². The average Bonchev–Trinajstić information content (AvgIpc) is 2.28. The van der Waals surface area contributed by atoms with Crippen molar-refractivity contribution in [2.75, 3.05) is 20.3 Å². The smallest absolute Gasteiger partial charge is 0.224 e. The highest BCUT2D eigenvalue weighted by atomic mass is 16.5. The van der Waals surface area contributed by atoms with Crippen LogP contribution in [0.15, 0.2) is 0 Å². The number of hydrogen-bond acceptors (Lipinski definition) is 3. The largest absolute Gasteiger partial charge is 0.381 e. The first-order valence-corrected chi connectivity index (χ1v) is 6.11. The van der Waals surface area contributed by atoms with E-state index in [4.69, 9.17) is 10.5 Å². The van der Waals surface area contributed by atoms with Crippen molar-refractivity contribution >= 4 is 5.91 Å². The fraction of sp³-hybridized carbons (Fsp3) is 0.917. The van der Waals surface area contributed by atoms with E-state index in [1.165, 1.54) is 0 Å². The molecule has 0 aromatic carbocycles. The molecule has 0 radical (unpaired) electrons. The molecule has 2 N–H and O–H groups in total. The highest BCUT2D eigenvalue weighted by molar-refractivity contribution is 5.76. The molecule has 0 aromatic rings. The summed E-state index contributed by atoms with van der Waals surface area (Å²) < 4.78 is 5.29. The summed E-state index contributed by atoms with van der Waals surface area (Å²) in [6, 6.07) is 0.301. The van der Waals surface area contributed by atoms with Crippen molar-refractivity contribution < 1.29 is 9.53 Å². The van der Waals surface area contributed by atoms with Crippen LogP contribution in [0, 0.1) is 5.92 Å². The Kier molecular flexibility index (Phi) is 5.22. The molecule has 1 amide bonds. The number of ether oxygens (including phenoxy) is 1. The van der Waals surface area contributed by atoms with Crippen LogP contribution in [0.2, 0.25) is 0 Å². The molecular formula is C12H24N2O2. The molecule has 94 valence electrons. The fourth-order valence-electron chi connectivity index (χ4n) is 1.86. The quantitative estimate of drug-likeness (QED) is 0.781. The predicted molar refractivity (Wildman–Crippen MR) is 64.0 cm³/mol. The standard InChI is InChI=1S/C12H24N2O2/c1-9(2)11(13)8-12(15)14(3)10-4-6-16-7-5-10/h9-11H,4-8,13H2,1-3H3. The third-order valence-electron chi connectivity index (χ3n) is 3.40. The molecule has 1 atom stereocenters. The average molecular weight is 228 g/mol. The minimum absolute atomic E-state index is 0.0326. The number of carbonyl (C=O) groups is 1. The zero-order chi connectivity index (χ0) is 12.1. The van der Waals surface area contributed by atoms with Crippen LogP contribution in [0.5, 0.6) is 0 Å². The van der Waals surface area contributed by atoms with Crippen LogP contribution >= 0.6 is 0 Å². The highest BCUT2D eigenvalue weighted by Crippen LogP contribution is 2.15. The van der Waals surface area contributed by atoms with Gasteiger partial charge in [0, 0.05) is 38.8 Å². The maximum Gasteiger partial charge on any atom is 0.224 e. The predicted octanol–water partition coefficient (Wildman–Crippen LogP) is 0.997. The summed E-state index contributed by atoms with van der Waals surface area (Å²) in [6.07, 6.45) is 2.34. The van der Waals surface area contributed by atoms with E-state index in [9.17, 15) is 4.79 Å². The van der Waals surface area contributed by atoms with Crippen LogP contribution in [0.4, 0.5) is 0 Å². The Balaban J connectivity index is 2.40. The Labute approximate surface area is 98.1 Å². The minimum Gasteiger partial charge on any atom is -0.381 e. The summed E-state index contributed by atoms with van der Waals surface area (Å²) in [5.74, 6) is 0.514. The van der Waals surface area contributed by atoms with E-state index in [2.05, 4.69) is 0 Å². The van der Waals surface area contributed by atoms with Crippen molar-refractivity contribution in [3.05, 3.63) is 0 Å². The van der Waals surface area contributed by atoms with Crippen LogP contribution in [0.3, 0.4) is 0 Å². The molecule has 0 spiro atoms. The monoisotopic (exact) mass is 228 g/mol. The first-order valence-electron chi connectivity index (χ1n) is 6.11. The first kappa shape index (κ1) is 13.5. The second-order valence-corrected chi connectivity index (χ2v) is 4.96. The second-order valence-electron chi connectivity index (χ2n) is 4.96. The molecule has 4 heteroatoms. The van der Waals surface area contributed by atoms with Crippen LogP contribution < -0.4 is 5.73 Å². The van der Waals surface area contributed by atoms with Gasteiger partial charge < -0.3 is 15.4 Å². The summed E-state index contributed by atoms with van der Waals surface area (Å²) in [6.45, 7) is 5.62. The third-order valence-corrected chi connectivity index (χ3v) is 3.40. The lowest BCUT2D eigenvalue weighted by Crippen LogP contribution is -2.43. The molecule has 0 aliphatic carbocycles. The molecule has 0 saturated carbocycles. The summed E-state index contributed by atoms with van der Waals surface area (Å²) in [7, 11) is 1.88. The van der Waals surface area contributed by atoms with Gasteiger partial charge in [-0.05, 0) is 18.8 Å². The van der Waals surface area contributed by atoms with E-state index >= 15 is 0 Å². The number of amides is 1. The summed E-state index contributed by atoms with van der Waals surface area (Å²) >= 11 is 0. The molecule has 16 heavy (non-hydrogen) atoms. The van der Waals surface area contributed by atoms with Crippen LogP contribution in [0.25, 0.3) is 0 Å². The van der Waals surface area contributed by atoms with Gasteiger partial charge in [0.05, 0.1) is 0 Å². The van der Waals surface area contributed by atoms with Crippen molar-refractivity contribution in [3.63, 3.8) is 0 Å². The van der Waals surface area contributed by atoms with Crippen molar-refractivity contribution in [2.24, 2.45) is 11.7 Å². The van der Waals surface area contributed by atoms with Crippen molar-refractivity contribution in [1.82, 2.24) is 4.90 Å². The molecular weight excluding hydrogens is 204 g/mol. The minimum atomic E-state index is -0.0326. The van der Waals surface area contributed by atoms with Gasteiger partial charge in [-0.15, -0.1) is 0 Å². The van der Waals surface area contributed by atoms with Gasteiger partial charge in [-0.3, -0.25) is 4.79 Å². The highest BCUT2D eigenvalue weighted by Gasteiger charge is 2.24. The molecule has 0 bridgehead atoms. The molecule has 1 rings (SSSR count). The second kappa shape index (κ2) is 6.21. The van der Waals surface area contributed by atoms with Gasteiger partial charge in [-0.2, -0.15) is 0 Å². The lowest BCUT2D eigenvalue weighted by Gasteiger charge is -2.32. The van der Waals surface area contributed by atoms with Gasteiger partial charge in [0.25, 0.3) is 0 Å². The Morgan fingerprint density at radius 1 is 1.44 bits per heavy atom. The summed E-state index contributed by atoms with van der Waals surface area (Å²) in [5, 5.41) is 0. The zero-order valence-electron chi connectivity index (χ0n) is 10.6. The van der Waals surface area contributed by atoms with E-state index in [1.54, 1.807) is 0 Å². The normalized spacial score (nSPS) is 19.8. The number of nitrogens with two attached hydrogens (primary N) is 1. The number of carbonyl (C=O) groups excluding carboxylic acids is 1. The third kappa shape index (κ3) is 3.76. The Hall–Kier alpha value is -0.610. The lowest BCUT2D eigenvalue weighted by molar-refractivity contribution is -0.134. The van der Waals surface area contributed by atoms with Crippen LogP contribution in [0.1, 0.15) is 33.1 Å². The lowest BCUT2D eigenvalue weighted by atomic mass is 10.0. The van der Waals surface area contributed by atoms with Gasteiger partial charge in [0.2, 0.25) is 5.91 Å². The molecule has 1 unspecified atom stereocenters. The number of nitrogens with zero attached hydrogens (tertiary/aromatic N) is 1. The molecule has 1 fully saturated rings. The van der Waals surface area contributed by atoms with Gasteiger partial charge in [0.15, 0.2) is 0 Å². The topological polar surface area (TPSA) is 55.6 Å². The maximum absolute atomic E-state index is 12.0. The molecule has 4 nitrogen and oxygen atoms in total. The SMILES string of the molecule is CC(C)C(N)CC(=O)N(C)C1CCOCC1. The molecule has 0 aromatic heterocycles. The number of rotatable bonds is 4. The first-order chi connectivity index (χ1) is 7.52. The van der Waals surface area contributed by atoms with Crippen LogP contribution in [-0.4, -0.2) is 43.2 Å². The Morgan fingerprint density at radius 3 is 2.50 bits per heavy atom. The Morgan fingerprint density at radius 2 is 2.00 bits per heavy atom. The number of hydrogen-bond donors (Lipinski definition) is 1. The van der Waals surface area contributed by atoms with Crippen molar-refractivity contribution in [2.45, 2.75) is 45.2 Å². The molecule has 1 aliphatic heterocycles. The van der Waals surface area contributed by atoms with Gasteiger partial charge in [-0.1, -0.05) is 13.8 Å². The van der Waals surface area contributed by atoms with E-state index in [1.807, 2.05) is 25.8 Å². The zero-order valence-corrected chi connectivity index (χ0v) is 10.6. The van der Waals surface area contributed by atoms with E-state index in [0.29, 0.717) is 18.4 Å². The fourth-order valence-corrected chi connectivity index (χ4v) is 1.86. The maximum atomic E-state index is 12.0. The van der Waals surface area contributed by atoms with Gasteiger partial charge >= 0.3 is 0 Å². The molecule has 1 heterocycles. The van der Waals surface area contributed by atoms with Crippen LogP contribution in [-0.2, 0) is 9.53 Å². The summed E-state index contributed by atoms with van der Waals surface area (Å²) in [5.41, 5.74) is 5.91. The van der Waals surface area contributed by atoms with Gasteiger partial charge in [0.1, 0.15) is 0 Å². The van der Waals surface area contributed by atoms with Crippen molar-refractivity contribution in [1.29, 1.82) is 0 Å². The van der Waals surface area contributed by atoms with Gasteiger partial charge in [-0.25, -0.2) is 0 Å². The summed E-state index contributed by atoms with van der Waals surface area (Å²) in [4.78, 5) is 13.8.